The van der Waals surface area contributed by atoms with Crippen molar-refractivity contribution in [1.29, 1.82) is 0 Å². The van der Waals surface area contributed by atoms with Crippen molar-refractivity contribution in [2.45, 2.75) is 19.3 Å². The Balaban J connectivity index is 1.11. The molecule has 1 aliphatic carbocycles. The highest BCUT2D eigenvalue weighted by molar-refractivity contribution is 6.22. The summed E-state index contributed by atoms with van der Waals surface area (Å²) >= 11 is 0. The van der Waals surface area contributed by atoms with Crippen molar-refractivity contribution in [2.24, 2.45) is 0 Å². The van der Waals surface area contributed by atoms with Crippen LogP contribution in [-0.4, -0.2) is 0 Å². The van der Waals surface area contributed by atoms with E-state index in [2.05, 4.69) is 220 Å². The van der Waals surface area contributed by atoms with Crippen LogP contribution in [0.2, 0.25) is 0 Å². The molecule has 12 rings (SSSR count). The molecule has 0 unspecified atom stereocenters. The van der Waals surface area contributed by atoms with Crippen LogP contribution in [0.15, 0.2) is 206 Å². The fraction of sp³-hybridized carbons (Fsp3) is 0.0508. The van der Waals surface area contributed by atoms with Gasteiger partial charge in [0.25, 0.3) is 0 Å². The molecule has 0 heterocycles. The summed E-state index contributed by atoms with van der Waals surface area (Å²) in [7, 11) is 0. The zero-order chi connectivity index (χ0) is 39.2. The molecule has 0 heteroatoms. The lowest BCUT2D eigenvalue weighted by Gasteiger charge is -2.23. The van der Waals surface area contributed by atoms with Crippen LogP contribution in [0, 0.1) is 0 Å². The first kappa shape index (κ1) is 33.8. The average molecular weight is 749 g/mol. The quantitative estimate of drug-likeness (QED) is 0.124. The normalized spacial score (nSPS) is 13.1. The molecule has 0 bridgehead atoms. The number of hydrogen-bond acceptors (Lipinski definition) is 0. The fourth-order valence-corrected chi connectivity index (χ4v) is 10.4. The first-order valence-corrected chi connectivity index (χ1v) is 20.8. The second-order valence-corrected chi connectivity index (χ2v) is 16.8. The number of rotatable bonds is 4. The summed E-state index contributed by atoms with van der Waals surface area (Å²) in [6, 6.07) is 77.1. The topological polar surface area (TPSA) is 0 Å². The van der Waals surface area contributed by atoms with Crippen molar-refractivity contribution < 1.29 is 0 Å². The Hall–Kier alpha value is -7.28. The highest BCUT2D eigenvalue weighted by Gasteiger charge is 2.35. The molecule has 59 heavy (non-hydrogen) atoms. The number of fused-ring (bicyclic) bond motifs is 9. The van der Waals surface area contributed by atoms with Gasteiger partial charge in [0.2, 0.25) is 0 Å². The molecule has 0 atom stereocenters. The molecular formula is C59H40. The van der Waals surface area contributed by atoms with Gasteiger partial charge in [-0.3, -0.25) is 0 Å². The summed E-state index contributed by atoms with van der Waals surface area (Å²) in [5, 5.41) is 12.7. The minimum atomic E-state index is -0.0975. The summed E-state index contributed by atoms with van der Waals surface area (Å²) in [4.78, 5) is 0. The van der Waals surface area contributed by atoms with Crippen LogP contribution in [0.3, 0.4) is 0 Å². The maximum atomic E-state index is 2.49. The Labute approximate surface area is 344 Å². The molecule has 276 valence electrons. The van der Waals surface area contributed by atoms with Gasteiger partial charge in [0.1, 0.15) is 0 Å². The van der Waals surface area contributed by atoms with Gasteiger partial charge >= 0.3 is 0 Å². The van der Waals surface area contributed by atoms with E-state index in [1.165, 1.54) is 121 Å². The van der Waals surface area contributed by atoms with Crippen LogP contribution < -0.4 is 0 Å². The van der Waals surface area contributed by atoms with Crippen molar-refractivity contribution in [3.63, 3.8) is 0 Å². The van der Waals surface area contributed by atoms with Crippen LogP contribution in [0.5, 0.6) is 0 Å². The van der Waals surface area contributed by atoms with Crippen LogP contribution in [0.1, 0.15) is 25.0 Å². The zero-order valence-electron chi connectivity index (χ0n) is 33.1. The minimum Gasteiger partial charge on any atom is -0.0619 e. The van der Waals surface area contributed by atoms with Crippen LogP contribution in [0.25, 0.3) is 109 Å². The summed E-state index contributed by atoms with van der Waals surface area (Å²) in [5.74, 6) is 0. The van der Waals surface area contributed by atoms with Gasteiger partial charge in [-0.2, -0.15) is 0 Å². The van der Waals surface area contributed by atoms with E-state index in [1.807, 2.05) is 0 Å². The summed E-state index contributed by atoms with van der Waals surface area (Å²) in [5.41, 5.74) is 15.4. The molecule has 0 nitrogen and oxygen atoms in total. The average Bonchev–Trinajstić information content (AvgIpc) is 3.52. The molecule has 0 aromatic heterocycles. The second kappa shape index (κ2) is 12.9. The van der Waals surface area contributed by atoms with E-state index in [9.17, 15) is 0 Å². The van der Waals surface area contributed by atoms with Gasteiger partial charge in [0.15, 0.2) is 0 Å². The van der Waals surface area contributed by atoms with E-state index in [-0.39, 0.29) is 5.41 Å². The lowest BCUT2D eigenvalue weighted by Crippen LogP contribution is -2.14. The molecule has 0 saturated carbocycles. The van der Waals surface area contributed by atoms with Gasteiger partial charge in [0, 0.05) is 5.41 Å². The van der Waals surface area contributed by atoms with Gasteiger partial charge < -0.3 is 0 Å². The first-order valence-electron chi connectivity index (χ1n) is 20.8. The molecule has 1 aliphatic rings. The third-order valence-electron chi connectivity index (χ3n) is 13.2. The Morgan fingerprint density at radius 1 is 0.254 bits per heavy atom. The van der Waals surface area contributed by atoms with Crippen LogP contribution in [0.4, 0.5) is 0 Å². The van der Waals surface area contributed by atoms with Crippen molar-refractivity contribution in [3.05, 3.63) is 217 Å². The Bertz CT molecular complexity index is 3500. The summed E-state index contributed by atoms with van der Waals surface area (Å²) < 4.78 is 0. The first-order chi connectivity index (χ1) is 29.0. The van der Waals surface area contributed by atoms with Crippen LogP contribution >= 0.6 is 0 Å². The monoisotopic (exact) mass is 748 g/mol. The third kappa shape index (κ3) is 5.09. The molecule has 0 amide bonds. The molecule has 0 fully saturated rings. The fourth-order valence-electron chi connectivity index (χ4n) is 10.4. The Kier molecular flexibility index (Phi) is 7.38. The molecule has 0 N–H and O–H groups in total. The predicted octanol–water partition coefficient (Wildman–Crippen LogP) is 16.4. The number of benzene rings is 11. The molecule has 11 aromatic rings. The van der Waals surface area contributed by atoms with Crippen molar-refractivity contribution >= 4 is 53.9 Å². The molecular weight excluding hydrogens is 709 g/mol. The largest absolute Gasteiger partial charge is 0.0619 e. The van der Waals surface area contributed by atoms with E-state index < -0.39 is 0 Å². The lowest BCUT2D eigenvalue weighted by molar-refractivity contribution is 0.660. The van der Waals surface area contributed by atoms with Crippen molar-refractivity contribution in [3.8, 4) is 55.6 Å². The molecule has 0 radical (unpaired) electrons. The Morgan fingerprint density at radius 2 is 0.780 bits per heavy atom. The van der Waals surface area contributed by atoms with Gasteiger partial charge in [0.05, 0.1) is 0 Å². The highest BCUT2D eigenvalue weighted by Crippen LogP contribution is 2.52. The number of hydrogen-bond donors (Lipinski definition) is 0. The minimum absolute atomic E-state index is 0.0975. The highest BCUT2D eigenvalue weighted by atomic mass is 14.4. The SMILES string of the molecule is CC1(C)c2ccccc2-c2ccc(-c3c4ccccc4c(-c4ccc(-c5cc6ccccc6c6ccccc56)cc4)c4ccc(-c5cccc6ccccc56)cc34)cc21. The van der Waals surface area contributed by atoms with E-state index >= 15 is 0 Å². The molecule has 0 aliphatic heterocycles. The maximum absolute atomic E-state index is 2.49. The van der Waals surface area contributed by atoms with Crippen LogP contribution in [-0.2, 0) is 5.41 Å². The van der Waals surface area contributed by atoms with Crippen molar-refractivity contribution in [1.82, 2.24) is 0 Å². The smallest absolute Gasteiger partial charge is 0.0159 e. The van der Waals surface area contributed by atoms with Gasteiger partial charge in [-0.15, -0.1) is 0 Å². The van der Waals surface area contributed by atoms with E-state index in [4.69, 9.17) is 0 Å². The van der Waals surface area contributed by atoms with E-state index in [0.29, 0.717) is 0 Å². The lowest BCUT2D eigenvalue weighted by atomic mass is 9.80. The summed E-state index contributed by atoms with van der Waals surface area (Å²) in [6.45, 7) is 4.76. The van der Waals surface area contributed by atoms with E-state index in [1.54, 1.807) is 0 Å². The Morgan fingerprint density at radius 3 is 1.58 bits per heavy atom. The van der Waals surface area contributed by atoms with Gasteiger partial charge in [-0.1, -0.05) is 202 Å². The molecule has 11 aromatic carbocycles. The van der Waals surface area contributed by atoms with Crippen molar-refractivity contribution in [2.75, 3.05) is 0 Å². The standard InChI is InChI=1S/C59H40/c1-59(2)55-25-12-11-21-48(55)49-32-31-42(36-56(49)59)58-51-23-10-9-22-50(51)57(52-33-30-41(35-54(52)58)44-24-13-16-37-14-3-5-17-43(37)44)39-28-26-38(27-29-39)53-34-40-15-4-6-18-45(40)46-19-7-8-20-47(46)53/h3-36H,1-2H3. The zero-order valence-corrected chi connectivity index (χ0v) is 33.1. The summed E-state index contributed by atoms with van der Waals surface area (Å²) in [6.07, 6.45) is 0. The van der Waals surface area contributed by atoms with Gasteiger partial charge in [-0.05, 0) is 139 Å². The second-order valence-electron chi connectivity index (χ2n) is 16.8. The third-order valence-corrected chi connectivity index (χ3v) is 13.2. The molecule has 0 saturated heterocycles. The van der Waals surface area contributed by atoms with Gasteiger partial charge in [-0.25, -0.2) is 0 Å². The predicted molar refractivity (Wildman–Crippen MR) is 253 cm³/mol. The van der Waals surface area contributed by atoms with E-state index in [0.717, 1.165) is 0 Å². The molecule has 0 spiro atoms. The maximum Gasteiger partial charge on any atom is 0.0159 e.